The third kappa shape index (κ3) is 4.14. The van der Waals surface area contributed by atoms with Crippen molar-refractivity contribution in [1.29, 1.82) is 0 Å². The van der Waals surface area contributed by atoms with E-state index in [0.717, 1.165) is 24.8 Å². The van der Waals surface area contributed by atoms with Crippen molar-refractivity contribution < 1.29 is 14.3 Å². The Hall–Kier alpha value is -2.90. The molecule has 3 rings (SSSR count). The Labute approximate surface area is 145 Å². The van der Waals surface area contributed by atoms with E-state index in [1.807, 2.05) is 24.3 Å². The largest absolute Gasteiger partial charge is 0.496 e. The molecule has 0 aliphatic carbocycles. The molecule has 0 spiro atoms. The number of H-pyrrole nitrogens is 1. The highest BCUT2D eigenvalue weighted by molar-refractivity contribution is 5.93. The van der Waals surface area contributed by atoms with Gasteiger partial charge in [0, 0.05) is 13.0 Å². The number of carbonyl (C=O) groups is 2. The molecule has 2 amide bonds. The van der Waals surface area contributed by atoms with Gasteiger partial charge in [0.05, 0.1) is 19.2 Å². The number of carbonyl (C=O) groups excluding carboxylic acids is 2. The molecule has 132 valence electrons. The van der Waals surface area contributed by atoms with Gasteiger partial charge >= 0.3 is 0 Å². The van der Waals surface area contributed by atoms with E-state index in [1.165, 1.54) is 0 Å². The fraction of sp³-hybridized carbons (Fsp3) is 0.412. The van der Waals surface area contributed by atoms with Crippen LogP contribution in [-0.2, 0) is 9.59 Å². The Morgan fingerprint density at radius 1 is 1.32 bits per heavy atom. The lowest BCUT2D eigenvalue weighted by Crippen LogP contribution is -2.37. The van der Waals surface area contributed by atoms with Gasteiger partial charge in [-0.2, -0.15) is 4.98 Å². The van der Waals surface area contributed by atoms with Crippen molar-refractivity contribution in [3.63, 3.8) is 0 Å². The van der Waals surface area contributed by atoms with Crippen LogP contribution in [0.3, 0.4) is 0 Å². The van der Waals surface area contributed by atoms with Crippen molar-refractivity contribution >= 4 is 17.8 Å². The van der Waals surface area contributed by atoms with Crippen LogP contribution in [0.1, 0.15) is 25.7 Å². The molecule has 25 heavy (non-hydrogen) atoms. The van der Waals surface area contributed by atoms with Crippen LogP contribution in [0.25, 0.3) is 11.4 Å². The molecule has 0 radical (unpaired) electrons. The smallest absolute Gasteiger partial charge is 0.249 e. The molecule has 1 aliphatic rings. The van der Waals surface area contributed by atoms with Crippen molar-refractivity contribution in [3.05, 3.63) is 24.3 Å². The molecule has 1 fully saturated rings. The number of nitrogens with one attached hydrogen (secondary N) is 2. The second-order valence-electron chi connectivity index (χ2n) is 5.88. The molecule has 0 unspecified atom stereocenters. The first kappa shape index (κ1) is 16.9. The molecule has 1 aromatic heterocycles. The van der Waals surface area contributed by atoms with Crippen molar-refractivity contribution in [2.75, 3.05) is 25.5 Å². The summed E-state index contributed by atoms with van der Waals surface area (Å²) in [7, 11) is 1.58. The third-order valence-corrected chi connectivity index (χ3v) is 4.10. The Kier molecular flexibility index (Phi) is 5.27. The van der Waals surface area contributed by atoms with E-state index in [2.05, 4.69) is 20.5 Å². The number of aromatic amines is 1. The zero-order valence-electron chi connectivity index (χ0n) is 14.1. The van der Waals surface area contributed by atoms with Gasteiger partial charge in [-0.3, -0.25) is 20.0 Å². The number of nitrogens with zero attached hydrogens (tertiary/aromatic N) is 3. The van der Waals surface area contributed by atoms with Gasteiger partial charge in [-0.05, 0) is 25.0 Å². The van der Waals surface area contributed by atoms with Crippen molar-refractivity contribution in [3.8, 4) is 17.1 Å². The summed E-state index contributed by atoms with van der Waals surface area (Å²) in [5.74, 6) is 1.05. The maximum atomic E-state index is 12.2. The summed E-state index contributed by atoms with van der Waals surface area (Å²) >= 11 is 0. The van der Waals surface area contributed by atoms with Gasteiger partial charge in [-0.1, -0.05) is 18.6 Å². The van der Waals surface area contributed by atoms with E-state index >= 15 is 0 Å². The van der Waals surface area contributed by atoms with Crippen molar-refractivity contribution in [2.24, 2.45) is 0 Å². The number of aromatic nitrogens is 3. The van der Waals surface area contributed by atoms with E-state index in [0.29, 0.717) is 24.5 Å². The summed E-state index contributed by atoms with van der Waals surface area (Å²) in [6.45, 7) is 0.643. The normalized spacial score (nSPS) is 14.9. The lowest BCUT2D eigenvalue weighted by Gasteiger charge is -2.19. The topological polar surface area (TPSA) is 100 Å². The van der Waals surface area contributed by atoms with Crippen LogP contribution in [0.15, 0.2) is 24.3 Å². The third-order valence-electron chi connectivity index (χ3n) is 4.10. The fourth-order valence-electron chi connectivity index (χ4n) is 2.82. The SMILES string of the molecule is COc1ccccc1-c1nc(NC(=O)CN2CCCCCC2=O)n[nH]1. The van der Waals surface area contributed by atoms with E-state index in [-0.39, 0.29) is 24.3 Å². The average molecular weight is 343 g/mol. The van der Waals surface area contributed by atoms with Gasteiger partial charge < -0.3 is 9.64 Å². The van der Waals surface area contributed by atoms with Gasteiger partial charge in [0.15, 0.2) is 5.82 Å². The highest BCUT2D eigenvalue weighted by Gasteiger charge is 2.20. The van der Waals surface area contributed by atoms with Gasteiger partial charge in [0.1, 0.15) is 5.75 Å². The fourth-order valence-corrected chi connectivity index (χ4v) is 2.82. The van der Waals surface area contributed by atoms with Crippen LogP contribution >= 0.6 is 0 Å². The Balaban J connectivity index is 1.64. The predicted molar refractivity (Wildman–Crippen MR) is 92.0 cm³/mol. The van der Waals surface area contributed by atoms with Gasteiger partial charge in [0.2, 0.25) is 17.8 Å². The minimum Gasteiger partial charge on any atom is -0.496 e. The number of ether oxygens (including phenoxy) is 1. The maximum absolute atomic E-state index is 12.2. The number of amides is 2. The molecule has 8 heteroatoms. The maximum Gasteiger partial charge on any atom is 0.249 e. The van der Waals surface area contributed by atoms with Crippen LogP contribution in [0.2, 0.25) is 0 Å². The zero-order valence-corrected chi connectivity index (χ0v) is 14.1. The first-order valence-corrected chi connectivity index (χ1v) is 8.31. The second kappa shape index (κ2) is 7.78. The number of benzene rings is 1. The van der Waals surface area contributed by atoms with E-state index in [4.69, 9.17) is 4.74 Å². The molecule has 2 heterocycles. The second-order valence-corrected chi connectivity index (χ2v) is 5.88. The summed E-state index contributed by atoms with van der Waals surface area (Å²) < 4.78 is 5.29. The Morgan fingerprint density at radius 2 is 2.16 bits per heavy atom. The quantitative estimate of drug-likeness (QED) is 0.862. The minimum absolute atomic E-state index is 0.0252. The number of anilines is 1. The monoisotopic (exact) mass is 343 g/mol. The number of hydrogen-bond donors (Lipinski definition) is 2. The summed E-state index contributed by atoms with van der Waals surface area (Å²) in [6, 6.07) is 7.39. The lowest BCUT2D eigenvalue weighted by molar-refractivity contribution is -0.134. The van der Waals surface area contributed by atoms with E-state index in [9.17, 15) is 9.59 Å². The number of hydrogen-bond acceptors (Lipinski definition) is 5. The molecule has 2 aromatic rings. The molecule has 0 atom stereocenters. The van der Waals surface area contributed by atoms with Crippen molar-refractivity contribution in [1.82, 2.24) is 20.1 Å². The van der Waals surface area contributed by atoms with Gasteiger partial charge in [-0.15, -0.1) is 5.10 Å². The number of para-hydroxylation sites is 1. The van der Waals surface area contributed by atoms with Crippen LogP contribution in [0.4, 0.5) is 5.95 Å². The minimum atomic E-state index is -0.305. The van der Waals surface area contributed by atoms with Crippen LogP contribution < -0.4 is 10.1 Å². The number of likely N-dealkylation sites (tertiary alicyclic amines) is 1. The molecule has 0 saturated carbocycles. The molecule has 8 nitrogen and oxygen atoms in total. The Bertz CT molecular complexity index is 758. The molecule has 0 bridgehead atoms. The summed E-state index contributed by atoms with van der Waals surface area (Å²) in [5, 5.41) is 9.43. The number of methoxy groups -OCH3 is 1. The Morgan fingerprint density at radius 3 is 3.00 bits per heavy atom. The van der Waals surface area contributed by atoms with Crippen LogP contribution in [-0.4, -0.2) is 52.1 Å². The standard InChI is InChI=1S/C17H21N5O3/c1-25-13-8-5-4-7-12(13)16-19-17(21-20-16)18-14(23)11-22-10-6-2-3-9-15(22)24/h4-5,7-8H,2-3,6,9-11H2,1H3,(H2,18,19,20,21,23). The molecule has 1 aliphatic heterocycles. The van der Waals surface area contributed by atoms with Crippen molar-refractivity contribution in [2.45, 2.75) is 25.7 Å². The van der Waals surface area contributed by atoms with E-state index in [1.54, 1.807) is 12.0 Å². The van der Waals surface area contributed by atoms with Crippen LogP contribution in [0, 0.1) is 0 Å². The summed E-state index contributed by atoms with van der Waals surface area (Å²) in [5.41, 5.74) is 0.751. The first-order chi connectivity index (χ1) is 12.2. The zero-order chi connectivity index (χ0) is 17.6. The highest BCUT2D eigenvalue weighted by Crippen LogP contribution is 2.27. The molecule has 1 aromatic carbocycles. The number of rotatable bonds is 5. The highest BCUT2D eigenvalue weighted by atomic mass is 16.5. The molecule has 1 saturated heterocycles. The van der Waals surface area contributed by atoms with Crippen LogP contribution in [0.5, 0.6) is 5.75 Å². The molecule has 2 N–H and O–H groups in total. The average Bonchev–Trinajstić information content (AvgIpc) is 2.98. The van der Waals surface area contributed by atoms with Gasteiger partial charge in [0.25, 0.3) is 0 Å². The van der Waals surface area contributed by atoms with Gasteiger partial charge in [-0.25, -0.2) is 0 Å². The van der Waals surface area contributed by atoms with E-state index < -0.39 is 0 Å². The predicted octanol–water partition coefficient (Wildman–Crippen LogP) is 1.82. The summed E-state index contributed by atoms with van der Waals surface area (Å²) in [6.07, 6.45) is 3.34. The molecular formula is C17H21N5O3. The summed E-state index contributed by atoms with van der Waals surface area (Å²) in [4.78, 5) is 30.0. The molecular weight excluding hydrogens is 322 g/mol. The lowest BCUT2D eigenvalue weighted by atomic mass is 10.2. The first-order valence-electron chi connectivity index (χ1n) is 8.31.